The largest absolute Gasteiger partial charge is 0.291 e. The Hall–Kier alpha value is -8.63. The van der Waals surface area contributed by atoms with Crippen LogP contribution in [0.5, 0.6) is 0 Å². The lowest BCUT2D eigenvalue weighted by Crippen LogP contribution is -1.93. The number of imidazole rings is 1. The molecule has 3 aromatic heterocycles. The van der Waals surface area contributed by atoms with E-state index >= 15 is 0 Å². The number of rotatable bonds is 6. The number of aromatic nitrogens is 2. The van der Waals surface area contributed by atoms with Gasteiger partial charge >= 0.3 is 0 Å². The molecule has 3 heteroatoms. The van der Waals surface area contributed by atoms with Gasteiger partial charge in [0.2, 0.25) is 0 Å². The molecular formula is C65H40N2S. The van der Waals surface area contributed by atoms with Gasteiger partial charge in [-0.2, -0.15) is 0 Å². The highest BCUT2D eigenvalue weighted by Gasteiger charge is 2.20. The summed E-state index contributed by atoms with van der Waals surface area (Å²) in [7, 11) is 0. The molecule has 2 nitrogen and oxygen atoms in total. The number of pyridine rings is 1. The molecular weight excluding hydrogens is 841 g/mol. The number of benzene rings is 11. The summed E-state index contributed by atoms with van der Waals surface area (Å²) in [6.45, 7) is 0. The molecule has 0 fully saturated rings. The normalized spacial score (nSPS) is 11.8. The van der Waals surface area contributed by atoms with Crippen LogP contribution in [0.15, 0.2) is 243 Å². The fraction of sp³-hybridized carbons (Fsp3) is 0. The minimum absolute atomic E-state index is 1.01. The lowest BCUT2D eigenvalue weighted by atomic mass is 9.90. The summed E-state index contributed by atoms with van der Waals surface area (Å²) >= 11 is 1.85. The summed E-state index contributed by atoms with van der Waals surface area (Å²) in [5.41, 5.74) is 17.5. The number of nitrogens with zero attached hydrogens (tertiary/aromatic N) is 2. The lowest BCUT2D eigenvalue weighted by molar-refractivity contribution is 1.25. The van der Waals surface area contributed by atoms with Crippen molar-refractivity contribution < 1.29 is 0 Å². The Labute approximate surface area is 397 Å². The van der Waals surface area contributed by atoms with E-state index in [0.717, 1.165) is 27.9 Å². The highest BCUT2D eigenvalue weighted by Crippen LogP contribution is 2.45. The third kappa shape index (κ3) is 6.21. The van der Waals surface area contributed by atoms with Crippen molar-refractivity contribution >= 4 is 80.5 Å². The first-order chi connectivity index (χ1) is 33.7. The van der Waals surface area contributed by atoms with E-state index in [2.05, 4.69) is 247 Å². The average molecular weight is 881 g/mol. The fourth-order valence-electron chi connectivity index (χ4n) is 10.7. The summed E-state index contributed by atoms with van der Waals surface area (Å²) in [4.78, 5) is 5.49. The van der Waals surface area contributed by atoms with Crippen LogP contribution in [0, 0.1) is 0 Å². The topological polar surface area (TPSA) is 17.3 Å². The quantitative estimate of drug-likeness (QED) is 0.163. The van der Waals surface area contributed by atoms with Crippen molar-refractivity contribution in [2.75, 3.05) is 0 Å². The van der Waals surface area contributed by atoms with Crippen molar-refractivity contribution in [1.29, 1.82) is 0 Å². The second-order valence-electron chi connectivity index (χ2n) is 17.9. The van der Waals surface area contributed by atoms with Crippen LogP contribution in [-0.4, -0.2) is 9.38 Å². The molecule has 14 aromatic rings. The predicted molar refractivity (Wildman–Crippen MR) is 291 cm³/mol. The van der Waals surface area contributed by atoms with E-state index in [1.54, 1.807) is 0 Å². The van der Waals surface area contributed by atoms with Crippen LogP contribution in [0.2, 0.25) is 0 Å². The van der Waals surface area contributed by atoms with E-state index in [4.69, 9.17) is 4.98 Å². The standard InChI is InChI=1S/C65H40N2S/c1-3-13-41(14-4-1)49-37-50(42-15-5-2-6-16-42)39-51(38-49)43-23-25-46(26-24-43)52-33-34-53(57-22-12-11-21-56(52)57)47-27-29-48(30-28-47)60-40-58-62-54-19-9-7-17-44(54)32-36-61(62)68-64(58)65-66-63-55-20-10-8-18-45(55)31-35-59(63)67(60)65/h1-40H. The van der Waals surface area contributed by atoms with Gasteiger partial charge in [0.15, 0.2) is 5.65 Å². The summed E-state index contributed by atoms with van der Waals surface area (Å²) in [6.07, 6.45) is 0. The van der Waals surface area contributed by atoms with Crippen LogP contribution in [-0.2, 0) is 0 Å². The Kier molecular flexibility index (Phi) is 8.80. The molecule has 0 unspecified atom stereocenters. The molecule has 0 aliphatic rings. The molecule has 0 amide bonds. The molecule has 3 heterocycles. The first kappa shape index (κ1) is 38.6. The van der Waals surface area contributed by atoms with Crippen molar-refractivity contribution in [1.82, 2.24) is 9.38 Å². The monoisotopic (exact) mass is 880 g/mol. The van der Waals surface area contributed by atoms with Crippen LogP contribution >= 0.6 is 11.3 Å². The van der Waals surface area contributed by atoms with Gasteiger partial charge in [-0.05, 0) is 125 Å². The van der Waals surface area contributed by atoms with Crippen molar-refractivity contribution in [2.24, 2.45) is 0 Å². The van der Waals surface area contributed by atoms with Crippen molar-refractivity contribution in [3.63, 3.8) is 0 Å². The third-order valence-electron chi connectivity index (χ3n) is 14.0. The van der Waals surface area contributed by atoms with Gasteiger partial charge in [0, 0.05) is 20.9 Å². The molecule has 68 heavy (non-hydrogen) atoms. The molecule has 316 valence electrons. The molecule has 0 bridgehead atoms. The molecule has 0 saturated heterocycles. The maximum absolute atomic E-state index is 5.49. The van der Waals surface area contributed by atoms with Gasteiger partial charge in [-0.25, -0.2) is 4.98 Å². The van der Waals surface area contributed by atoms with E-state index < -0.39 is 0 Å². The summed E-state index contributed by atoms with van der Waals surface area (Å²) in [5, 5.41) is 9.93. The van der Waals surface area contributed by atoms with Crippen LogP contribution in [0.25, 0.3) is 136 Å². The molecule has 0 aliphatic heterocycles. The average Bonchev–Trinajstić information content (AvgIpc) is 4.01. The Morgan fingerprint density at radius 1 is 0.324 bits per heavy atom. The van der Waals surface area contributed by atoms with Crippen molar-refractivity contribution in [3.8, 4) is 66.9 Å². The molecule has 0 saturated carbocycles. The Morgan fingerprint density at radius 2 is 0.794 bits per heavy atom. The highest BCUT2D eigenvalue weighted by molar-refractivity contribution is 7.26. The third-order valence-corrected chi connectivity index (χ3v) is 15.2. The van der Waals surface area contributed by atoms with E-state index in [-0.39, 0.29) is 0 Å². The Bertz CT molecular complexity index is 4220. The van der Waals surface area contributed by atoms with Crippen molar-refractivity contribution in [2.45, 2.75) is 0 Å². The van der Waals surface area contributed by atoms with Crippen LogP contribution < -0.4 is 0 Å². The molecule has 0 atom stereocenters. The second kappa shape index (κ2) is 15.5. The van der Waals surface area contributed by atoms with E-state index in [9.17, 15) is 0 Å². The van der Waals surface area contributed by atoms with E-state index in [0.29, 0.717) is 0 Å². The van der Waals surface area contributed by atoms with Gasteiger partial charge in [0.1, 0.15) is 0 Å². The number of thiophene rings is 1. The summed E-state index contributed by atoms with van der Waals surface area (Å²) in [5.74, 6) is 0. The van der Waals surface area contributed by atoms with E-state index in [1.165, 1.54) is 108 Å². The molecule has 0 N–H and O–H groups in total. The molecule has 0 aliphatic carbocycles. The summed E-state index contributed by atoms with van der Waals surface area (Å²) < 4.78 is 4.89. The van der Waals surface area contributed by atoms with Crippen molar-refractivity contribution in [3.05, 3.63) is 243 Å². The van der Waals surface area contributed by atoms with E-state index in [1.807, 2.05) is 11.3 Å². The zero-order chi connectivity index (χ0) is 44.7. The predicted octanol–water partition coefficient (Wildman–Crippen LogP) is 18.3. The molecule has 0 radical (unpaired) electrons. The second-order valence-corrected chi connectivity index (χ2v) is 18.9. The Balaban J connectivity index is 0.866. The fourth-order valence-corrected chi connectivity index (χ4v) is 11.8. The summed E-state index contributed by atoms with van der Waals surface area (Å²) in [6, 6.07) is 88.8. The van der Waals surface area contributed by atoms with Crippen LogP contribution in [0.1, 0.15) is 0 Å². The van der Waals surface area contributed by atoms with Gasteiger partial charge in [0.25, 0.3) is 0 Å². The Morgan fingerprint density at radius 3 is 1.40 bits per heavy atom. The highest BCUT2D eigenvalue weighted by atomic mass is 32.1. The molecule has 14 rings (SSSR count). The van der Waals surface area contributed by atoms with Gasteiger partial charge in [0.05, 0.1) is 21.4 Å². The van der Waals surface area contributed by atoms with Crippen LogP contribution in [0.3, 0.4) is 0 Å². The SMILES string of the molecule is c1ccc(-c2cc(-c3ccccc3)cc(-c3ccc(-c4ccc(-c5ccc(-c6cc7c(sc8ccc9ccccc9c87)c7nc8c9ccccc9ccc8n67)cc5)c5ccccc45)cc3)c2)cc1. The zero-order valence-corrected chi connectivity index (χ0v) is 37.7. The number of fused-ring (bicyclic) bond motifs is 12. The minimum Gasteiger partial charge on any atom is -0.291 e. The van der Waals surface area contributed by atoms with Gasteiger partial charge in [-0.15, -0.1) is 11.3 Å². The zero-order valence-electron chi connectivity index (χ0n) is 36.9. The van der Waals surface area contributed by atoms with Gasteiger partial charge in [-0.3, -0.25) is 4.40 Å². The first-order valence-corrected chi connectivity index (χ1v) is 24.1. The smallest absolute Gasteiger partial charge is 0.156 e. The maximum atomic E-state index is 5.49. The minimum atomic E-state index is 1.01. The molecule has 11 aromatic carbocycles. The lowest BCUT2D eigenvalue weighted by Gasteiger charge is -2.14. The number of hydrogen-bond donors (Lipinski definition) is 0. The van der Waals surface area contributed by atoms with Crippen LogP contribution in [0.4, 0.5) is 0 Å². The van der Waals surface area contributed by atoms with Gasteiger partial charge < -0.3 is 0 Å². The van der Waals surface area contributed by atoms with Gasteiger partial charge in [-0.1, -0.05) is 206 Å². The molecule has 0 spiro atoms. The number of hydrogen-bond acceptors (Lipinski definition) is 2. The first-order valence-electron chi connectivity index (χ1n) is 23.3. The maximum Gasteiger partial charge on any atom is 0.156 e.